The molecule has 3 rings (SSSR count). The summed E-state index contributed by atoms with van der Waals surface area (Å²) in [6.45, 7) is -0.0272. The van der Waals surface area contributed by atoms with Gasteiger partial charge in [-0.15, -0.1) is 23.1 Å². The van der Waals surface area contributed by atoms with Crippen LogP contribution >= 0.6 is 23.1 Å². The second kappa shape index (κ2) is 14.6. The van der Waals surface area contributed by atoms with Crippen molar-refractivity contribution in [3.05, 3.63) is 23.2 Å². The highest BCUT2D eigenvalue weighted by atomic mass is 32.2. The number of carboxylic acids is 1. The topological polar surface area (TPSA) is 236 Å². The van der Waals surface area contributed by atoms with E-state index in [1.54, 1.807) is 18.2 Å². The van der Waals surface area contributed by atoms with Gasteiger partial charge in [0.25, 0.3) is 0 Å². The molecule has 0 spiro atoms. The van der Waals surface area contributed by atoms with Crippen molar-refractivity contribution in [1.82, 2.24) is 15.6 Å². The molecule has 0 saturated carbocycles. The van der Waals surface area contributed by atoms with Crippen molar-refractivity contribution in [3.8, 4) is 5.75 Å². The number of carbonyl (C=O) groups excluding carboxylic acids is 4. The molecule has 1 aromatic heterocycles. The molecular formula is C24H30N6O8S2. The van der Waals surface area contributed by atoms with Crippen LogP contribution in [0.15, 0.2) is 23.2 Å². The Morgan fingerprint density at radius 1 is 1.18 bits per heavy atom. The number of primary amides is 1. The lowest BCUT2D eigenvalue weighted by molar-refractivity contribution is -0.144. The number of unbranched alkanes of at least 4 members (excludes halogenated alkanes) is 2. The van der Waals surface area contributed by atoms with Crippen molar-refractivity contribution in [1.29, 1.82) is 0 Å². The fourth-order valence-electron chi connectivity index (χ4n) is 3.53. The predicted molar refractivity (Wildman–Crippen MR) is 148 cm³/mol. The van der Waals surface area contributed by atoms with Crippen molar-refractivity contribution in [2.24, 2.45) is 16.5 Å². The van der Waals surface area contributed by atoms with E-state index in [2.05, 4.69) is 20.6 Å². The number of aromatic nitrogens is 1. The fraction of sp³-hybridized carbons (Fsp3) is 0.458. The van der Waals surface area contributed by atoms with E-state index in [-0.39, 0.29) is 31.2 Å². The van der Waals surface area contributed by atoms with Crippen LogP contribution in [0, 0.1) is 0 Å². The second-order valence-corrected chi connectivity index (χ2v) is 10.9. The van der Waals surface area contributed by atoms with Gasteiger partial charge in [-0.1, -0.05) is 0 Å². The Hall–Kier alpha value is -3.76. The third-order valence-electron chi connectivity index (χ3n) is 5.65. The summed E-state index contributed by atoms with van der Waals surface area (Å²) in [5.74, 6) is -3.32. The molecule has 14 nitrogen and oxygen atoms in total. The average molecular weight is 595 g/mol. The zero-order chi connectivity index (χ0) is 29.2. The molecule has 40 heavy (non-hydrogen) atoms. The highest BCUT2D eigenvalue weighted by molar-refractivity contribution is 8.15. The SMILES string of the molecule is NC(=O)CC(NC(=O)C(N)CNC(=O)CCCCCOC(=O)C1CSC(c2nc3ccc(O)cc3s2)=N1)C(=O)O. The number of aliphatic imine (C=N–C) groups is 1. The number of thioether (sulfide) groups is 1. The average Bonchev–Trinajstić information content (AvgIpc) is 3.55. The molecule has 2 heterocycles. The maximum Gasteiger partial charge on any atom is 0.331 e. The number of amides is 3. The van der Waals surface area contributed by atoms with Gasteiger partial charge >= 0.3 is 11.9 Å². The minimum atomic E-state index is -1.50. The van der Waals surface area contributed by atoms with Gasteiger partial charge in [0.2, 0.25) is 17.7 Å². The first kappa shape index (κ1) is 30.8. The maximum absolute atomic E-state index is 12.4. The minimum Gasteiger partial charge on any atom is -0.508 e. The molecule has 3 amide bonds. The summed E-state index contributed by atoms with van der Waals surface area (Å²) < 4.78 is 6.16. The summed E-state index contributed by atoms with van der Waals surface area (Å²) in [5, 5.41) is 24.6. The number of aromatic hydroxyl groups is 1. The third kappa shape index (κ3) is 9.17. The third-order valence-corrected chi connectivity index (χ3v) is 7.86. The van der Waals surface area contributed by atoms with E-state index in [4.69, 9.17) is 21.3 Å². The van der Waals surface area contributed by atoms with Crippen LogP contribution in [0.1, 0.15) is 37.1 Å². The standard InChI is InChI=1S/C24H30N6O8S2/c25-13(20(34)28-15(23(35)36)9-18(26)32)10-27-19(33)4-2-1-3-7-38-24(37)16-11-39-21(30-16)22-29-14-6-5-12(31)8-17(14)40-22/h5-6,8,13,15-16,31H,1-4,7,9-11,25H2,(H2,26,32)(H,27,33)(H,28,34)(H,35,36). The minimum absolute atomic E-state index is 0.159. The van der Waals surface area contributed by atoms with Gasteiger partial charge in [0.1, 0.15) is 27.9 Å². The number of aliphatic carboxylic acids is 1. The van der Waals surface area contributed by atoms with E-state index in [9.17, 15) is 29.1 Å². The number of phenols is 1. The van der Waals surface area contributed by atoms with Crippen molar-refractivity contribution in [2.75, 3.05) is 18.9 Å². The molecule has 8 N–H and O–H groups in total. The Labute approximate surface area is 236 Å². The fourth-order valence-corrected chi connectivity index (χ4v) is 5.62. The van der Waals surface area contributed by atoms with E-state index >= 15 is 0 Å². The number of ether oxygens (including phenoxy) is 1. The molecule has 16 heteroatoms. The zero-order valence-corrected chi connectivity index (χ0v) is 23.0. The maximum atomic E-state index is 12.4. The molecule has 0 fully saturated rings. The van der Waals surface area contributed by atoms with Gasteiger partial charge < -0.3 is 37.1 Å². The van der Waals surface area contributed by atoms with E-state index in [1.807, 2.05) is 0 Å². The largest absolute Gasteiger partial charge is 0.508 e. The smallest absolute Gasteiger partial charge is 0.331 e. The van der Waals surface area contributed by atoms with Gasteiger partial charge in [0.05, 0.1) is 23.2 Å². The van der Waals surface area contributed by atoms with Crippen LogP contribution in [-0.2, 0) is 28.7 Å². The van der Waals surface area contributed by atoms with Crippen molar-refractivity contribution in [2.45, 2.75) is 50.2 Å². The molecule has 1 aliphatic rings. The van der Waals surface area contributed by atoms with Crippen LogP contribution < -0.4 is 22.1 Å². The number of hydrogen-bond acceptors (Lipinski definition) is 12. The quantitative estimate of drug-likeness (QED) is 0.117. The molecule has 1 aromatic carbocycles. The van der Waals surface area contributed by atoms with Crippen LogP contribution in [0.5, 0.6) is 5.75 Å². The highest BCUT2D eigenvalue weighted by Gasteiger charge is 2.29. The van der Waals surface area contributed by atoms with E-state index < -0.39 is 48.3 Å². The van der Waals surface area contributed by atoms with Gasteiger partial charge in [0.15, 0.2) is 6.04 Å². The summed E-state index contributed by atoms with van der Waals surface area (Å²) in [6, 6.07) is 1.59. The van der Waals surface area contributed by atoms with Gasteiger partial charge in [0, 0.05) is 18.7 Å². The lowest BCUT2D eigenvalue weighted by Crippen LogP contribution is -2.53. The van der Waals surface area contributed by atoms with Crippen LogP contribution in [0.2, 0.25) is 0 Å². The Morgan fingerprint density at radius 2 is 1.95 bits per heavy atom. The summed E-state index contributed by atoms with van der Waals surface area (Å²) >= 11 is 2.82. The number of carbonyl (C=O) groups is 5. The number of esters is 1. The highest BCUT2D eigenvalue weighted by Crippen LogP contribution is 2.31. The number of hydrogen-bond donors (Lipinski definition) is 6. The number of nitrogens with zero attached hydrogens (tertiary/aromatic N) is 2. The van der Waals surface area contributed by atoms with E-state index in [1.165, 1.54) is 23.1 Å². The number of thiazole rings is 1. The number of fused-ring (bicyclic) bond motifs is 1. The molecule has 0 aliphatic carbocycles. The Kier molecular flexibility index (Phi) is 11.2. The van der Waals surface area contributed by atoms with Gasteiger partial charge in [-0.25, -0.2) is 14.6 Å². The Morgan fingerprint density at radius 3 is 2.67 bits per heavy atom. The molecule has 0 radical (unpaired) electrons. The predicted octanol–water partition coefficient (Wildman–Crippen LogP) is -0.144. The normalized spacial score (nSPS) is 16.1. The zero-order valence-electron chi connectivity index (χ0n) is 21.3. The van der Waals surface area contributed by atoms with Crippen molar-refractivity contribution >= 4 is 68.0 Å². The molecule has 1 aliphatic heterocycles. The molecule has 0 bridgehead atoms. The summed E-state index contributed by atoms with van der Waals surface area (Å²) in [6.07, 6.45) is 1.26. The Bertz CT molecular complexity index is 1300. The molecular weight excluding hydrogens is 564 g/mol. The van der Waals surface area contributed by atoms with Gasteiger partial charge in [-0.2, -0.15) is 0 Å². The van der Waals surface area contributed by atoms with Crippen LogP contribution in [0.4, 0.5) is 0 Å². The number of carboxylic acid groups (broad SMARTS) is 1. The lowest BCUT2D eigenvalue weighted by atomic mass is 10.1. The summed E-state index contributed by atoms with van der Waals surface area (Å²) in [5.41, 5.74) is 11.4. The van der Waals surface area contributed by atoms with Crippen LogP contribution in [0.3, 0.4) is 0 Å². The summed E-state index contributed by atoms with van der Waals surface area (Å²) in [4.78, 5) is 67.4. The number of phenolic OH excluding ortho intramolecular Hbond substituents is 1. The van der Waals surface area contributed by atoms with Crippen molar-refractivity contribution in [3.63, 3.8) is 0 Å². The van der Waals surface area contributed by atoms with Gasteiger partial charge in [-0.05, 0) is 37.5 Å². The van der Waals surface area contributed by atoms with Crippen molar-refractivity contribution < 1.29 is 38.9 Å². The number of nitrogens with two attached hydrogens (primary N) is 2. The number of benzene rings is 1. The first-order valence-corrected chi connectivity index (χ1v) is 14.1. The number of rotatable bonds is 15. The molecule has 3 atom stereocenters. The van der Waals surface area contributed by atoms with Crippen LogP contribution in [0.25, 0.3) is 10.2 Å². The van der Waals surface area contributed by atoms with Crippen LogP contribution in [-0.4, -0.2) is 86.9 Å². The lowest BCUT2D eigenvalue weighted by Gasteiger charge is -2.17. The first-order valence-electron chi connectivity index (χ1n) is 12.3. The van der Waals surface area contributed by atoms with Gasteiger partial charge in [-0.3, -0.25) is 19.4 Å². The monoisotopic (exact) mass is 594 g/mol. The van der Waals surface area contributed by atoms with E-state index in [0.717, 1.165) is 10.2 Å². The molecule has 216 valence electrons. The summed E-state index contributed by atoms with van der Waals surface area (Å²) in [7, 11) is 0. The first-order chi connectivity index (χ1) is 19.0. The Balaban J connectivity index is 1.29. The molecule has 2 aromatic rings. The molecule has 3 unspecified atom stereocenters. The number of nitrogens with one attached hydrogen (secondary N) is 2. The second-order valence-electron chi connectivity index (χ2n) is 8.89. The van der Waals surface area contributed by atoms with E-state index in [0.29, 0.717) is 35.1 Å². The molecule has 0 saturated heterocycles.